The van der Waals surface area contributed by atoms with Gasteiger partial charge < -0.3 is 9.84 Å². The second-order valence-corrected chi connectivity index (χ2v) is 4.98. The molecule has 0 aliphatic rings. The number of nitrogens with zero attached hydrogens (tertiary/aromatic N) is 1. The maximum Gasteiger partial charge on any atom is 0.118 e. The van der Waals surface area contributed by atoms with Crippen LogP contribution < -0.4 is 4.74 Å². The first-order chi connectivity index (χ1) is 8.54. The molecule has 94 valence electrons. The quantitative estimate of drug-likeness (QED) is 0.886. The minimum atomic E-state index is -1.07. The Hall–Kier alpha value is -1.39. The van der Waals surface area contributed by atoms with Gasteiger partial charge in [-0.15, -0.1) is 0 Å². The molecule has 0 saturated heterocycles. The molecule has 18 heavy (non-hydrogen) atoms. The van der Waals surface area contributed by atoms with Crippen molar-refractivity contribution >= 4 is 15.9 Å². The number of aliphatic hydroxyl groups is 1. The molecule has 0 unspecified atom stereocenters. The van der Waals surface area contributed by atoms with Gasteiger partial charge in [0, 0.05) is 11.8 Å². The smallest absolute Gasteiger partial charge is 0.118 e. The second-order valence-electron chi connectivity index (χ2n) is 4.17. The van der Waals surface area contributed by atoms with Crippen molar-refractivity contribution in [3.05, 3.63) is 58.3 Å². The molecule has 0 spiro atoms. The van der Waals surface area contributed by atoms with E-state index in [1.807, 2.05) is 36.4 Å². The van der Waals surface area contributed by atoms with E-state index >= 15 is 0 Å². The van der Waals surface area contributed by atoms with Crippen molar-refractivity contribution in [2.45, 2.75) is 12.5 Å². The van der Waals surface area contributed by atoms with E-state index in [4.69, 9.17) is 4.74 Å². The molecule has 0 aliphatic heterocycles. The molecule has 0 radical (unpaired) electrons. The van der Waals surface area contributed by atoms with Gasteiger partial charge in [0.15, 0.2) is 0 Å². The summed E-state index contributed by atoms with van der Waals surface area (Å²) < 4.78 is 5.85. The Morgan fingerprint density at radius 2 is 1.72 bits per heavy atom. The van der Waals surface area contributed by atoms with Crippen LogP contribution in [0.5, 0.6) is 5.75 Å². The monoisotopic (exact) mass is 307 g/mol. The van der Waals surface area contributed by atoms with Gasteiger partial charge in [-0.05, 0) is 46.6 Å². The largest absolute Gasteiger partial charge is 0.497 e. The highest BCUT2D eigenvalue weighted by Crippen LogP contribution is 2.30. The van der Waals surface area contributed by atoms with Crippen molar-refractivity contribution in [2.24, 2.45) is 0 Å². The first kappa shape index (κ1) is 13.1. The molecule has 1 heterocycles. The average molecular weight is 308 g/mol. The van der Waals surface area contributed by atoms with Crippen molar-refractivity contribution < 1.29 is 9.84 Å². The minimum absolute atomic E-state index is 0.746. The van der Waals surface area contributed by atoms with Crippen LogP contribution in [0.2, 0.25) is 0 Å². The van der Waals surface area contributed by atoms with E-state index in [-0.39, 0.29) is 0 Å². The molecule has 0 saturated carbocycles. The van der Waals surface area contributed by atoms with Crippen LogP contribution in [0.4, 0.5) is 0 Å². The third-order valence-corrected chi connectivity index (χ3v) is 3.41. The van der Waals surface area contributed by atoms with Crippen molar-refractivity contribution in [1.29, 1.82) is 0 Å². The number of hydrogen-bond acceptors (Lipinski definition) is 3. The number of methoxy groups -OCH3 is 1. The molecular formula is C14H14BrNO2. The van der Waals surface area contributed by atoms with E-state index in [0.29, 0.717) is 0 Å². The highest BCUT2D eigenvalue weighted by atomic mass is 79.9. The van der Waals surface area contributed by atoms with Gasteiger partial charge in [0.05, 0.1) is 7.11 Å². The van der Waals surface area contributed by atoms with Crippen LogP contribution >= 0.6 is 15.9 Å². The van der Waals surface area contributed by atoms with Crippen LogP contribution in [0.1, 0.15) is 18.1 Å². The Balaban J connectivity index is 2.37. The molecule has 0 fully saturated rings. The summed E-state index contributed by atoms with van der Waals surface area (Å²) in [5.41, 5.74) is 0.475. The Morgan fingerprint density at radius 1 is 1.11 bits per heavy atom. The Labute approximate surface area is 115 Å². The number of pyridine rings is 1. The molecule has 0 amide bonds. The lowest BCUT2D eigenvalue weighted by atomic mass is 9.89. The van der Waals surface area contributed by atoms with Crippen LogP contribution in [0.25, 0.3) is 0 Å². The van der Waals surface area contributed by atoms with E-state index in [0.717, 1.165) is 21.5 Å². The number of halogens is 1. The molecule has 1 aromatic heterocycles. The highest BCUT2D eigenvalue weighted by Gasteiger charge is 2.25. The molecule has 0 aliphatic carbocycles. The molecule has 3 nitrogen and oxygen atoms in total. The topological polar surface area (TPSA) is 42.4 Å². The van der Waals surface area contributed by atoms with Gasteiger partial charge in [-0.3, -0.25) is 0 Å². The fourth-order valence-corrected chi connectivity index (χ4v) is 1.98. The molecule has 2 rings (SSSR count). The zero-order chi connectivity index (χ0) is 13.2. The minimum Gasteiger partial charge on any atom is -0.497 e. The summed E-state index contributed by atoms with van der Waals surface area (Å²) >= 11 is 3.28. The SMILES string of the molecule is COc1ccc([C@@](C)(O)c2ccc(Br)nc2)cc1. The van der Waals surface area contributed by atoms with Crippen molar-refractivity contribution in [3.8, 4) is 5.75 Å². The summed E-state index contributed by atoms with van der Waals surface area (Å²) in [5.74, 6) is 0.767. The molecule has 4 heteroatoms. The second kappa shape index (κ2) is 5.08. The fraction of sp³-hybridized carbons (Fsp3) is 0.214. The Bertz CT molecular complexity index is 520. The first-order valence-electron chi connectivity index (χ1n) is 5.53. The van der Waals surface area contributed by atoms with Gasteiger partial charge in [-0.2, -0.15) is 0 Å². The van der Waals surface area contributed by atoms with Crippen molar-refractivity contribution in [2.75, 3.05) is 7.11 Å². The van der Waals surface area contributed by atoms with E-state index in [9.17, 15) is 5.11 Å². The fourth-order valence-electron chi connectivity index (χ4n) is 1.75. The van der Waals surface area contributed by atoms with E-state index in [2.05, 4.69) is 20.9 Å². The highest BCUT2D eigenvalue weighted by molar-refractivity contribution is 9.10. The third kappa shape index (κ3) is 2.54. The van der Waals surface area contributed by atoms with E-state index in [1.165, 1.54) is 0 Å². The van der Waals surface area contributed by atoms with Crippen LogP contribution in [0, 0.1) is 0 Å². The van der Waals surface area contributed by atoms with Crippen molar-refractivity contribution in [3.63, 3.8) is 0 Å². The zero-order valence-electron chi connectivity index (χ0n) is 10.2. The van der Waals surface area contributed by atoms with Crippen LogP contribution in [-0.2, 0) is 5.60 Å². The van der Waals surface area contributed by atoms with Gasteiger partial charge in [-0.1, -0.05) is 18.2 Å². The van der Waals surface area contributed by atoms with E-state index < -0.39 is 5.60 Å². The molecular weight excluding hydrogens is 294 g/mol. The van der Waals surface area contributed by atoms with Crippen LogP contribution in [0.3, 0.4) is 0 Å². The average Bonchev–Trinajstić information content (AvgIpc) is 2.39. The van der Waals surface area contributed by atoms with Gasteiger partial charge in [0.25, 0.3) is 0 Å². The zero-order valence-corrected chi connectivity index (χ0v) is 11.8. The predicted molar refractivity (Wildman–Crippen MR) is 73.6 cm³/mol. The lowest BCUT2D eigenvalue weighted by Crippen LogP contribution is -2.22. The predicted octanol–water partition coefficient (Wildman–Crippen LogP) is 3.11. The number of benzene rings is 1. The summed E-state index contributed by atoms with van der Waals surface area (Å²) in [4.78, 5) is 4.14. The summed E-state index contributed by atoms with van der Waals surface area (Å²) in [6, 6.07) is 11.0. The van der Waals surface area contributed by atoms with Crippen molar-refractivity contribution in [1.82, 2.24) is 4.98 Å². The number of aromatic nitrogens is 1. The van der Waals surface area contributed by atoms with Crippen LogP contribution in [0.15, 0.2) is 47.2 Å². The molecule has 0 bridgehead atoms. The summed E-state index contributed by atoms with van der Waals surface area (Å²) in [5, 5.41) is 10.6. The summed E-state index contributed by atoms with van der Waals surface area (Å²) in [6.45, 7) is 1.75. The lowest BCUT2D eigenvalue weighted by molar-refractivity contribution is 0.102. The molecule has 1 atom stereocenters. The van der Waals surface area contributed by atoms with Gasteiger partial charge in [0.2, 0.25) is 0 Å². The lowest BCUT2D eigenvalue weighted by Gasteiger charge is -2.24. The maximum absolute atomic E-state index is 10.6. The summed E-state index contributed by atoms with van der Waals surface area (Å²) in [6.07, 6.45) is 1.66. The number of hydrogen-bond donors (Lipinski definition) is 1. The van der Waals surface area contributed by atoms with Gasteiger partial charge >= 0.3 is 0 Å². The Morgan fingerprint density at radius 3 is 2.22 bits per heavy atom. The van der Waals surface area contributed by atoms with Gasteiger partial charge in [0.1, 0.15) is 16.0 Å². The number of rotatable bonds is 3. The standard InChI is InChI=1S/C14H14BrNO2/c1-14(17,11-5-8-13(15)16-9-11)10-3-6-12(18-2)7-4-10/h3-9,17H,1-2H3/t14-/m1/s1. The first-order valence-corrected chi connectivity index (χ1v) is 6.32. The molecule has 1 aromatic carbocycles. The van der Waals surface area contributed by atoms with Crippen LogP contribution in [-0.4, -0.2) is 17.2 Å². The third-order valence-electron chi connectivity index (χ3n) is 2.94. The molecule has 1 N–H and O–H groups in total. The molecule has 2 aromatic rings. The van der Waals surface area contributed by atoms with E-state index in [1.54, 1.807) is 20.2 Å². The maximum atomic E-state index is 10.6. The summed E-state index contributed by atoms with van der Waals surface area (Å²) in [7, 11) is 1.62. The number of ether oxygens (including phenoxy) is 1. The Kier molecular flexibility index (Phi) is 3.68. The van der Waals surface area contributed by atoms with Gasteiger partial charge in [-0.25, -0.2) is 4.98 Å². The normalized spacial score (nSPS) is 14.0.